The fraction of sp³-hybridized carbons (Fsp3) is 0.800. The quantitative estimate of drug-likeness (QED) is 0.709. The molecule has 0 saturated heterocycles. The normalized spacial score (nSPS) is 26.2. The van der Waals surface area contributed by atoms with Crippen LogP contribution in [-0.4, -0.2) is 41.0 Å². The Hall–Kier alpha value is -0.670. The summed E-state index contributed by atoms with van der Waals surface area (Å²) in [5.41, 5.74) is 0. The molecule has 0 radical (unpaired) electrons. The van der Waals surface area contributed by atoms with E-state index in [9.17, 15) is 9.90 Å². The van der Waals surface area contributed by atoms with Crippen LogP contribution in [-0.2, 0) is 4.79 Å². The Morgan fingerprint density at radius 3 is 2.83 bits per heavy atom. The van der Waals surface area contributed by atoms with Gasteiger partial charge in [-0.15, -0.1) is 0 Å². The number of carbonyl (C=O) groups is 1. The van der Waals surface area contributed by atoms with E-state index in [0.29, 0.717) is 24.7 Å². The molecule has 3 atom stereocenters. The molecule has 0 aliphatic carbocycles. The number of likely N-dealkylation sites (N-methyl/N-ethyl adjacent to an activating group) is 1. The molecule has 0 aromatic carbocycles. The fourth-order valence-electron chi connectivity index (χ4n) is 2.58. The highest BCUT2D eigenvalue weighted by molar-refractivity contribution is 5.78. The third-order valence-electron chi connectivity index (χ3n) is 3.86. The van der Waals surface area contributed by atoms with E-state index in [1.54, 1.807) is 0 Å². The molecule has 0 bridgehead atoms. The second kappa shape index (κ2) is 7.70. The number of ketones is 1. The van der Waals surface area contributed by atoms with Crippen LogP contribution in [0.25, 0.3) is 0 Å². The lowest BCUT2D eigenvalue weighted by molar-refractivity contribution is -0.119. The van der Waals surface area contributed by atoms with Gasteiger partial charge in [0, 0.05) is 24.9 Å². The molecule has 104 valence electrons. The van der Waals surface area contributed by atoms with E-state index in [0.717, 1.165) is 25.7 Å². The molecule has 0 fully saturated rings. The van der Waals surface area contributed by atoms with Crippen LogP contribution in [0, 0.1) is 0 Å². The zero-order valence-electron chi connectivity index (χ0n) is 11.9. The molecule has 1 N–H and O–H groups in total. The summed E-state index contributed by atoms with van der Waals surface area (Å²) < 4.78 is 0. The Labute approximate surface area is 111 Å². The van der Waals surface area contributed by atoms with E-state index in [1.807, 2.05) is 6.92 Å². The summed E-state index contributed by atoms with van der Waals surface area (Å²) in [5, 5.41) is 9.92. The molecule has 0 amide bonds. The average molecular weight is 253 g/mol. The summed E-state index contributed by atoms with van der Waals surface area (Å²) in [4.78, 5) is 13.8. The first-order valence-corrected chi connectivity index (χ1v) is 7.16. The Balaban J connectivity index is 2.52. The Kier molecular flexibility index (Phi) is 6.58. The maximum absolute atomic E-state index is 11.5. The van der Waals surface area contributed by atoms with Gasteiger partial charge in [-0.05, 0) is 26.3 Å². The largest absolute Gasteiger partial charge is 0.393 e. The summed E-state index contributed by atoms with van der Waals surface area (Å²) in [6.07, 6.45) is 8.98. The molecule has 0 aromatic heterocycles. The van der Waals surface area contributed by atoms with Gasteiger partial charge in [-0.2, -0.15) is 0 Å². The van der Waals surface area contributed by atoms with Crippen molar-refractivity contribution in [1.82, 2.24) is 4.90 Å². The predicted octanol–water partition coefficient (Wildman–Crippen LogP) is 2.54. The molecule has 0 spiro atoms. The van der Waals surface area contributed by atoms with Gasteiger partial charge in [0.15, 0.2) is 0 Å². The monoisotopic (exact) mass is 253 g/mol. The highest BCUT2D eigenvalue weighted by Gasteiger charge is 2.26. The molecule has 0 saturated carbocycles. The van der Waals surface area contributed by atoms with Crippen molar-refractivity contribution in [3.63, 3.8) is 0 Å². The van der Waals surface area contributed by atoms with Crippen LogP contribution in [0.2, 0.25) is 0 Å². The summed E-state index contributed by atoms with van der Waals surface area (Å²) in [5.74, 6) is 0.311. The lowest BCUT2D eigenvalue weighted by Gasteiger charge is -2.37. The lowest BCUT2D eigenvalue weighted by atomic mass is 9.94. The molecule has 1 aliphatic rings. The minimum absolute atomic E-state index is 0.212. The maximum atomic E-state index is 11.5. The van der Waals surface area contributed by atoms with E-state index >= 15 is 0 Å². The van der Waals surface area contributed by atoms with Crippen LogP contribution >= 0.6 is 0 Å². The number of carbonyl (C=O) groups excluding carboxylic acids is 1. The van der Waals surface area contributed by atoms with Gasteiger partial charge >= 0.3 is 0 Å². The molecule has 0 aromatic rings. The van der Waals surface area contributed by atoms with Crippen molar-refractivity contribution in [3.05, 3.63) is 12.2 Å². The summed E-state index contributed by atoms with van der Waals surface area (Å²) in [6.45, 7) is 4.01. The van der Waals surface area contributed by atoms with Gasteiger partial charge in [0.05, 0.1) is 6.10 Å². The van der Waals surface area contributed by atoms with Crippen molar-refractivity contribution < 1.29 is 9.90 Å². The van der Waals surface area contributed by atoms with Crippen LogP contribution in [0.1, 0.15) is 52.4 Å². The minimum Gasteiger partial charge on any atom is -0.393 e. The summed E-state index contributed by atoms with van der Waals surface area (Å²) in [7, 11) is 2.07. The zero-order valence-corrected chi connectivity index (χ0v) is 11.9. The van der Waals surface area contributed by atoms with Crippen molar-refractivity contribution in [3.8, 4) is 0 Å². The van der Waals surface area contributed by atoms with Crippen LogP contribution in [0.4, 0.5) is 0 Å². The molecular formula is C15H27NO2. The van der Waals surface area contributed by atoms with Crippen molar-refractivity contribution in [2.45, 2.75) is 70.6 Å². The molecule has 3 heteroatoms. The third kappa shape index (κ3) is 4.54. The van der Waals surface area contributed by atoms with Gasteiger partial charge in [0.2, 0.25) is 0 Å². The van der Waals surface area contributed by atoms with Crippen molar-refractivity contribution in [1.29, 1.82) is 0 Å². The molecule has 18 heavy (non-hydrogen) atoms. The first-order chi connectivity index (χ1) is 8.58. The summed E-state index contributed by atoms with van der Waals surface area (Å²) in [6, 6.07) is 0.580. The number of aliphatic hydroxyl groups is 1. The highest BCUT2D eigenvalue weighted by Crippen LogP contribution is 2.22. The zero-order chi connectivity index (χ0) is 13.5. The average Bonchev–Trinajstić information content (AvgIpc) is 2.34. The smallest absolute Gasteiger partial charge is 0.134 e. The lowest BCUT2D eigenvalue weighted by Crippen LogP contribution is -2.44. The fourth-order valence-corrected chi connectivity index (χ4v) is 2.58. The third-order valence-corrected chi connectivity index (χ3v) is 3.86. The summed E-state index contributed by atoms with van der Waals surface area (Å²) >= 11 is 0. The van der Waals surface area contributed by atoms with Crippen LogP contribution < -0.4 is 0 Å². The van der Waals surface area contributed by atoms with Crippen LogP contribution in [0.15, 0.2) is 12.2 Å². The standard InChI is InChI=1S/C15H27NO2/c1-4-7-15(18)11-13-9-6-8-12(16(13)3)10-14(17)5-2/h6,8,12-13,15,18H,4-5,7,9-11H2,1-3H3. The van der Waals surface area contributed by atoms with Crippen LogP contribution in [0.3, 0.4) is 0 Å². The number of aliphatic hydroxyl groups excluding tert-OH is 1. The van der Waals surface area contributed by atoms with E-state index in [4.69, 9.17) is 0 Å². The SMILES string of the molecule is CCCC(O)CC1CC=CC(CC(=O)CC)N1C. The minimum atomic E-state index is -0.212. The van der Waals surface area contributed by atoms with Gasteiger partial charge in [0.1, 0.15) is 5.78 Å². The number of hydrogen-bond acceptors (Lipinski definition) is 3. The number of Topliss-reactive ketones (excluding diaryl/α,β-unsaturated/α-hetero) is 1. The van der Waals surface area contributed by atoms with Gasteiger partial charge in [-0.1, -0.05) is 32.4 Å². The predicted molar refractivity (Wildman–Crippen MR) is 74.5 cm³/mol. The molecule has 1 rings (SSSR count). The van der Waals surface area contributed by atoms with Gasteiger partial charge in [-0.25, -0.2) is 0 Å². The molecule has 3 nitrogen and oxygen atoms in total. The number of rotatable bonds is 7. The van der Waals surface area contributed by atoms with Crippen molar-refractivity contribution in [2.75, 3.05) is 7.05 Å². The molecular weight excluding hydrogens is 226 g/mol. The number of nitrogens with zero attached hydrogens (tertiary/aromatic N) is 1. The first-order valence-electron chi connectivity index (χ1n) is 7.16. The Morgan fingerprint density at radius 2 is 2.22 bits per heavy atom. The molecule has 1 aliphatic heterocycles. The van der Waals surface area contributed by atoms with E-state index < -0.39 is 0 Å². The Morgan fingerprint density at radius 1 is 1.50 bits per heavy atom. The highest BCUT2D eigenvalue weighted by atomic mass is 16.3. The second-order valence-electron chi connectivity index (χ2n) is 5.33. The van der Waals surface area contributed by atoms with Gasteiger partial charge in [0.25, 0.3) is 0 Å². The van der Waals surface area contributed by atoms with Crippen LogP contribution in [0.5, 0.6) is 0 Å². The maximum Gasteiger partial charge on any atom is 0.134 e. The topological polar surface area (TPSA) is 40.5 Å². The van der Waals surface area contributed by atoms with Gasteiger partial charge in [-0.3, -0.25) is 9.69 Å². The Bertz CT molecular complexity index is 288. The first kappa shape index (κ1) is 15.4. The van der Waals surface area contributed by atoms with E-state index in [-0.39, 0.29) is 12.1 Å². The molecule has 3 unspecified atom stereocenters. The van der Waals surface area contributed by atoms with Crippen molar-refractivity contribution >= 4 is 5.78 Å². The second-order valence-corrected chi connectivity index (χ2v) is 5.33. The molecule has 1 heterocycles. The van der Waals surface area contributed by atoms with Gasteiger partial charge < -0.3 is 5.11 Å². The van der Waals surface area contributed by atoms with Crippen molar-refractivity contribution in [2.24, 2.45) is 0 Å². The van der Waals surface area contributed by atoms with E-state index in [2.05, 4.69) is 31.0 Å². The number of hydrogen-bond donors (Lipinski definition) is 1. The van der Waals surface area contributed by atoms with E-state index in [1.165, 1.54) is 0 Å².